The van der Waals surface area contributed by atoms with Crippen LogP contribution in [0.15, 0.2) is 30.3 Å². The molecule has 98 valence electrons. The number of fused-ring (bicyclic) bond motifs is 1. The van der Waals surface area contributed by atoms with Crippen LogP contribution in [-0.2, 0) is 6.42 Å². The zero-order chi connectivity index (χ0) is 13.6. The largest absolute Gasteiger partial charge is 0.375 e. The molecule has 1 nitrogen and oxygen atoms in total. The van der Waals surface area contributed by atoms with Crippen LogP contribution in [0.2, 0.25) is 0 Å². The predicted octanol–water partition coefficient (Wildman–Crippen LogP) is 4.29. The Morgan fingerprint density at radius 1 is 1.05 bits per heavy atom. The second-order valence-electron chi connectivity index (χ2n) is 5.17. The fraction of sp³-hybridized carbons (Fsp3) is 0.250. The van der Waals surface area contributed by atoms with Crippen LogP contribution in [0.25, 0.3) is 0 Å². The van der Waals surface area contributed by atoms with Crippen LogP contribution in [0, 0.1) is 25.5 Å². The third-order valence-electron chi connectivity index (χ3n) is 3.81. The number of hydrogen-bond donors (Lipinski definition) is 1. The first-order chi connectivity index (χ1) is 9.04. The van der Waals surface area contributed by atoms with Crippen LogP contribution in [0.3, 0.4) is 0 Å². The Morgan fingerprint density at radius 2 is 1.84 bits per heavy atom. The summed E-state index contributed by atoms with van der Waals surface area (Å²) in [5, 5.41) is 3.15. The van der Waals surface area contributed by atoms with Crippen molar-refractivity contribution in [3.63, 3.8) is 0 Å². The fourth-order valence-corrected chi connectivity index (χ4v) is 2.58. The molecule has 0 fully saturated rings. The Morgan fingerprint density at radius 3 is 2.58 bits per heavy atom. The van der Waals surface area contributed by atoms with Gasteiger partial charge in [-0.05, 0) is 48.6 Å². The number of halogens is 2. The van der Waals surface area contributed by atoms with Gasteiger partial charge in [0.15, 0.2) is 0 Å². The third kappa shape index (κ3) is 2.09. The minimum absolute atomic E-state index is 0.0191. The summed E-state index contributed by atoms with van der Waals surface area (Å²) in [7, 11) is 0. The number of nitrogens with one attached hydrogen (secondary N) is 1. The van der Waals surface area contributed by atoms with Crippen LogP contribution in [0.5, 0.6) is 0 Å². The van der Waals surface area contributed by atoms with Crippen molar-refractivity contribution in [3.8, 4) is 0 Å². The number of rotatable bonds is 1. The van der Waals surface area contributed by atoms with Crippen molar-refractivity contribution in [2.75, 3.05) is 5.32 Å². The van der Waals surface area contributed by atoms with E-state index in [-0.39, 0.29) is 6.04 Å². The van der Waals surface area contributed by atoms with Crippen LogP contribution < -0.4 is 5.32 Å². The van der Waals surface area contributed by atoms with E-state index in [4.69, 9.17) is 0 Å². The van der Waals surface area contributed by atoms with E-state index in [2.05, 4.69) is 31.3 Å². The minimum Gasteiger partial charge on any atom is -0.375 e. The van der Waals surface area contributed by atoms with E-state index < -0.39 is 11.6 Å². The number of benzene rings is 2. The predicted molar refractivity (Wildman–Crippen MR) is 72.3 cm³/mol. The Bertz CT molecular complexity index is 649. The third-order valence-corrected chi connectivity index (χ3v) is 3.81. The van der Waals surface area contributed by atoms with Crippen molar-refractivity contribution >= 4 is 5.69 Å². The first-order valence-electron chi connectivity index (χ1n) is 6.36. The molecule has 1 heterocycles. The molecule has 1 unspecified atom stereocenters. The highest BCUT2D eigenvalue weighted by Gasteiger charge is 2.25. The van der Waals surface area contributed by atoms with Gasteiger partial charge in [0, 0.05) is 6.07 Å². The average molecular weight is 259 g/mol. The zero-order valence-corrected chi connectivity index (χ0v) is 10.9. The molecule has 0 spiro atoms. The topological polar surface area (TPSA) is 12.0 Å². The van der Waals surface area contributed by atoms with Gasteiger partial charge in [-0.3, -0.25) is 0 Å². The van der Waals surface area contributed by atoms with Crippen LogP contribution >= 0.6 is 0 Å². The number of aryl methyl sites for hydroxylation is 2. The van der Waals surface area contributed by atoms with Crippen molar-refractivity contribution in [2.45, 2.75) is 26.3 Å². The average Bonchev–Trinajstić information content (AvgIpc) is 2.76. The maximum atomic E-state index is 13.7. The first kappa shape index (κ1) is 12.2. The van der Waals surface area contributed by atoms with E-state index in [9.17, 15) is 8.78 Å². The summed E-state index contributed by atoms with van der Waals surface area (Å²) in [6.45, 7) is 4.12. The maximum Gasteiger partial charge on any atom is 0.149 e. The summed E-state index contributed by atoms with van der Waals surface area (Å²) in [6.07, 6.45) is 0.618. The molecule has 0 saturated carbocycles. The van der Waals surface area contributed by atoms with Crippen LogP contribution in [0.4, 0.5) is 14.5 Å². The van der Waals surface area contributed by atoms with Gasteiger partial charge < -0.3 is 5.32 Å². The zero-order valence-electron chi connectivity index (χ0n) is 10.9. The molecule has 0 amide bonds. The number of anilines is 1. The van der Waals surface area contributed by atoms with E-state index in [0.29, 0.717) is 17.7 Å². The van der Waals surface area contributed by atoms with Crippen LogP contribution in [-0.4, -0.2) is 0 Å². The summed E-state index contributed by atoms with van der Waals surface area (Å²) < 4.78 is 26.9. The van der Waals surface area contributed by atoms with Crippen molar-refractivity contribution in [2.24, 2.45) is 0 Å². The van der Waals surface area contributed by atoms with Crippen molar-refractivity contribution in [1.82, 2.24) is 0 Å². The maximum absolute atomic E-state index is 13.7. The Hall–Kier alpha value is -1.90. The summed E-state index contributed by atoms with van der Waals surface area (Å²) in [4.78, 5) is 0. The lowest BCUT2D eigenvalue weighted by Gasteiger charge is -2.13. The van der Waals surface area contributed by atoms with Gasteiger partial charge in [-0.25, -0.2) is 8.78 Å². The molecule has 1 N–H and O–H groups in total. The molecule has 3 heteroatoms. The Labute approximate surface area is 111 Å². The molecule has 0 bridgehead atoms. The molecule has 0 saturated heterocycles. The second-order valence-corrected chi connectivity index (χ2v) is 5.17. The SMILES string of the molecule is Cc1ccc(C2Cc3cc(F)cc(F)c3N2)cc1C. The second kappa shape index (κ2) is 4.34. The smallest absolute Gasteiger partial charge is 0.149 e. The monoisotopic (exact) mass is 259 g/mol. The van der Waals surface area contributed by atoms with Gasteiger partial charge in [-0.2, -0.15) is 0 Å². The molecule has 3 rings (SSSR count). The van der Waals surface area contributed by atoms with E-state index in [0.717, 1.165) is 11.6 Å². The Kier molecular flexibility index (Phi) is 2.77. The molecule has 1 atom stereocenters. The highest BCUT2D eigenvalue weighted by atomic mass is 19.1. The normalized spacial score (nSPS) is 17.2. The molecule has 19 heavy (non-hydrogen) atoms. The quantitative estimate of drug-likeness (QED) is 0.805. The van der Waals surface area contributed by atoms with E-state index in [1.807, 2.05) is 6.07 Å². The van der Waals surface area contributed by atoms with Crippen molar-refractivity contribution in [3.05, 3.63) is 64.2 Å². The highest BCUT2D eigenvalue weighted by molar-refractivity contribution is 5.59. The van der Waals surface area contributed by atoms with E-state index >= 15 is 0 Å². The van der Waals surface area contributed by atoms with Gasteiger partial charge in [0.1, 0.15) is 11.6 Å². The first-order valence-corrected chi connectivity index (χ1v) is 6.36. The molecular formula is C16H15F2N. The molecular weight excluding hydrogens is 244 g/mol. The molecule has 0 aliphatic carbocycles. The van der Waals surface area contributed by atoms with Gasteiger partial charge in [0.05, 0.1) is 11.7 Å². The lowest BCUT2D eigenvalue weighted by molar-refractivity contribution is 0.585. The summed E-state index contributed by atoms with van der Waals surface area (Å²) in [5.41, 5.74) is 4.70. The molecule has 2 aromatic rings. The minimum atomic E-state index is -0.515. The summed E-state index contributed by atoms with van der Waals surface area (Å²) >= 11 is 0. The van der Waals surface area contributed by atoms with Gasteiger partial charge in [-0.1, -0.05) is 18.2 Å². The van der Waals surface area contributed by atoms with E-state index in [1.165, 1.54) is 17.2 Å². The highest BCUT2D eigenvalue weighted by Crippen LogP contribution is 2.36. The van der Waals surface area contributed by atoms with Crippen LogP contribution in [0.1, 0.15) is 28.3 Å². The molecule has 1 aliphatic heterocycles. The lowest BCUT2D eigenvalue weighted by Crippen LogP contribution is -2.06. The molecule has 2 aromatic carbocycles. The molecule has 1 aliphatic rings. The van der Waals surface area contributed by atoms with Gasteiger partial charge in [-0.15, -0.1) is 0 Å². The summed E-state index contributed by atoms with van der Waals surface area (Å²) in [6, 6.07) is 8.56. The lowest BCUT2D eigenvalue weighted by atomic mass is 9.99. The molecule has 0 radical (unpaired) electrons. The standard InChI is InChI=1S/C16H15F2N/c1-9-3-4-11(5-10(9)2)15-7-12-6-13(17)8-14(18)16(12)19-15/h3-6,8,15,19H,7H2,1-2H3. The summed E-state index contributed by atoms with van der Waals surface area (Å²) in [5.74, 6) is -1.03. The fourth-order valence-electron chi connectivity index (χ4n) is 2.58. The van der Waals surface area contributed by atoms with Gasteiger partial charge in [0.25, 0.3) is 0 Å². The van der Waals surface area contributed by atoms with Crippen molar-refractivity contribution in [1.29, 1.82) is 0 Å². The van der Waals surface area contributed by atoms with Crippen molar-refractivity contribution < 1.29 is 8.78 Å². The Balaban J connectivity index is 1.95. The molecule has 0 aromatic heterocycles. The van der Waals surface area contributed by atoms with E-state index in [1.54, 1.807) is 0 Å². The van der Waals surface area contributed by atoms with Gasteiger partial charge in [0.2, 0.25) is 0 Å². The number of hydrogen-bond acceptors (Lipinski definition) is 1. The van der Waals surface area contributed by atoms with Gasteiger partial charge >= 0.3 is 0 Å².